The van der Waals surface area contributed by atoms with Crippen LogP contribution in [-0.4, -0.2) is 79.1 Å². The maximum absolute atomic E-state index is 13.4. The molecule has 2 unspecified atom stereocenters. The molecule has 2 N–H and O–H groups in total. The van der Waals surface area contributed by atoms with Gasteiger partial charge in [0, 0.05) is 55.1 Å². The zero-order valence-electron chi connectivity index (χ0n) is 33.4. The highest BCUT2D eigenvalue weighted by molar-refractivity contribution is 7.15. The zero-order valence-corrected chi connectivity index (χ0v) is 36.5. The van der Waals surface area contributed by atoms with E-state index in [9.17, 15) is 9.59 Å². The Morgan fingerprint density at radius 1 is 0.627 bits per heavy atom. The number of nitrogens with one attached hydrogen (secondary N) is 2. The van der Waals surface area contributed by atoms with Crippen LogP contribution < -0.4 is 10.6 Å². The van der Waals surface area contributed by atoms with E-state index in [1.165, 1.54) is 9.75 Å². The molecule has 17 heteroatoms. The fourth-order valence-corrected chi connectivity index (χ4v) is 10.1. The fourth-order valence-electron chi connectivity index (χ4n) is 7.39. The molecule has 59 heavy (non-hydrogen) atoms. The topological polar surface area (TPSA) is 154 Å². The SMILES string of the molecule is Cc1sc2c(c1C)C(c1ccc(Cl)cc1)=NC(CC(=O)NCCOCCNC(=O)CC1N=C(c3ccc(Cl)cc3)c3c(sc(C)c3C)-n3c(C)nnc31)c1nnc(C)n1-2. The Morgan fingerprint density at radius 2 is 1.02 bits per heavy atom. The van der Waals surface area contributed by atoms with Crippen molar-refractivity contribution in [1.29, 1.82) is 0 Å². The van der Waals surface area contributed by atoms with Crippen molar-refractivity contribution >= 4 is 69.1 Å². The molecule has 2 aliphatic rings. The normalized spacial score (nSPS) is 15.6. The summed E-state index contributed by atoms with van der Waals surface area (Å²) in [6, 6.07) is 14.0. The largest absolute Gasteiger partial charge is 0.378 e. The van der Waals surface area contributed by atoms with Gasteiger partial charge in [0.15, 0.2) is 11.6 Å². The van der Waals surface area contributed by atoms with Gasteiger partial charge in [-0.1, -0.05) is 47.5 Å². The Bertz CT molecular complexity index is 2460. The number of hydrogen-bond acceptors (Lipinski definition) is 11. The first-order chi connectivity index (χ1) is 28.4. The van der Waals surface area contributed by atoms with Gasteiger partial charge in [-0.15, -0.1) is 43.1 Å². The van der Waals surface area contributed by atoms with Crippen LogP contribution in [0.5, 0.6) is 0 Å². The summed E-state index contributed by atoms with van der Waals surface area (Å²) in [5.74, 6) is 2.30. The molecule has 0 aliphatic carbocycles. The van der Waals surface area contributed by atoms with E-state index in [0.717, 1.165) is 66.5 Å². The minimum atomic E-state index is -0.574. The first-order valence-corrected chi connectivity index (χ1v) is 21.6. The minimum absolute atomic E-state index is 0.0710. The lowest BCUT2D eigenvalue weighted by molar-refractivity contribution is -0.122. The molecule has 4 aromatic heterocycles. The number of aryl methyl sites for hydroxylation is 4. The summed E-state index contributed by atoms with van der Waals surface area (Å²) < 4.78 is 9.85. The van der Waals surface area contributed by atoms with Crippen molar-refractivity contribution in [1.82, 2.24) is 40.2 Å². The van der Waals surface area contributed by atoms with Gasteiger partial charge in [-0.05, 0) is 76.9 Å². The summed E-state index contributed by atoms with van der Waals surface area (Å²) in [6.07, 6.45) is 0.142. The maximum Gasteiger partial charge on any atom is 0.222 e. The van der Waals surface area contributed by atoms with E-state index in [-0.39, 0.29) is 51.0 Å². The van der Waals surface area contributed by atoms with Crippen molar-refractivity contribution in [2.24, 2.45) is 9.98 Å². The number of halogens is 2. The molecular formula is C42H42Cl2N10O3S2. The molecule has 2 aromatic carbocycles. The molecule has 0 spiro atoms. The van der Waals surface area contributed by atoms with Crippen LogP contribution in [-0.2, 0) is 14.3 Å². The van der Waals surface area contributed by atoms with Crippen molar-refractivity contribution in [3.05, 3.63) is 125 Å². The van der Waals surface area contributed by atoms with Gasteiger partial charge in [-0.3, -0.25) is 28.7 Å². The first kappa shape index (κ1) is 40.7. The third-order valence-electron chi connectivity index (χ3n) is 10.6. The van der Waals surface area contributed by atoms with Gasteiger partial charge < -0.3 is 15.4 Å². The van der Waals surface area contributed by atoms with Gasteiger partial charge in [0.2, 0.25) is 11.8 Å². The van der Waals surface area contributed by atoms with Crippen molar-refractivity contribution in [2.45, 2.75) is 66.5 Å². The Morgan fingerprint density at radius 3 is 1.41 bits per heavy atom. The number of amides is 2. The van der Waals surface area contributed by atoms with Crippen LogP contribution in [0.1, 0.15) is 91.4 Å². The summed E-state index contributed by atoms with van der Waals surface area (Å²) in [7, 11) is 0. The molecule has 2 aliphatic heterocycles. The van der Waals surface area contributed by atoms with E-state index in [1.807, 2.05) is 71.5 Å². The Hall–Kier alpha value is -5.06. The minimum Gasteiger partial charge on any atom is -0.378 e. The number of thiophene rings is 2. The van der Waals surface area contributed by atoms with E-state index < -0.39 is 12.1 Å². The number of benzene rings is 2. The van der Waals surface area contributed by atoms with E-state index in [2.05, 4.69) is 58.7 Å². The highest BCUT2D eigenvalue weighted by Gasteiger charge is 2.34. The Balaban J connectivity index is 0.877. The van der Waals surface area contributed by atoms with Crippen molar-refractivity contribution in [2.75, 3.05) is 26.3 Å². The van der Waals surface area contributed by atoms with Crippen LogP contribution in [0.15, 0.2) is 58.5 Å². The average molecular weight is 870 g/mol. The molecular weight excluding hydrogens is 828 g/mol. The summed E-state index contributed by atoms with van der Waals surface area (Å²) >= 11 is 15.8. The van der Waals surface area contributed by atoms with Gasteiger partial charge in [-0.2, -0.15) is 0 Å². The van der Waals surface area contributed by atoms with E-state index in [0.29, 0.717) is 21.7 Å². The van der Waals surface area contributed by atoms with Gasteiger partial charge in [0.1, 0.15) is 33.7 Å². The standard InChI is InChI=1S/C42H42Cl2N10O3S2/c1-21-23(3)58-41-35(21)37(27-7-11-29(43)12-8-27)47-31(39-51-49-25(5)53(39)41)19-33(55)45-15-17-57-18-16-46-34(56)20-32-40-52-50-26(6)54(40)42-36(22(2)24(4)59-42)38(48-32)28-9-13-30(44)14-10-28/h7-14,31-32H,15-20H2,1-6H3,(H,45,55)(H,46,56). The summed E-state index contributed by atoms with van der Waals surface area (Å²) in [4.78, 5) is 39.4. The van der Waals surface area contributed by atoms with Crippen LogP contribution >= 0.6 is 45.9 Å². The number of carbonyl (C=O) groups is 2. The smallest absolute Gasteiger partial charge is 0.222 e. The predicted octanol–water partition coefficient (Wildman–Crippen LogP) is 7.64. The van der Waals surface area contributed by atoms with E-state index in [1.54, 1.807) is 22.7 Å². The van der Waals surface area contributed by atoms with E-state index in [4.69, 9.17) is 37.9 Å². The zero-order chi connectivity index (χ0) is 41.5. The molecule has 304 valence electrons. The third-order valence-corrected chi connectivity index (χ3v) is 13.5. The van der Waals surface area contributed by atoms with Crippen LogP contribution in [0.3, 0.4) is 0 Å². The summed E-state index contributed by atoms with van der Waals surface area (Å²) in [5, 5.41) is 26.9. The first-order valence-electron chi connectivity index (χ1n) is 19.2. The highest BCUT2D eigenvalue weighted by atomic mass is 35.5. The van der Waals surface area contributed by atoms with Crippen LogP contribution in [0, 0.1) is 41.5 Å². The second-order valence-electron chi connectivity index (χ2n) is 14.5. The second-order valence-corrected chi connectivity index (χ2v) is 17.8. The van der Waals surface area contributed by atoms with Crippen molar-refractivity contribution in [3.8, 4) is 10.0 Å². The molecule has 8 rings (SSSR count). The molecule has 0 radical (unpaired) electrons. The fraction of sp³-hybridized carbons (Fsp3) is 0.333. The van der Waals surface area contributed by atoms with Crippen LogP contribution in [0.2, 0.25) is 10.0 Å². The lowest BCUT2D eigenvalue weighted by Crippen LogP contribution is -2.31. The molecule has 0 saturated heterocycles. The van der Waals surface area contributed by atoms with Gasteiger partial charge in [0.25, 0.3) is 0 Å². The number of aromatic nitrogens is 6. The predicted molar refractivity (Wildman–Crippen MR) is 233 cm³/mol. The monoisotopic (exact) mass is 868 g/mol. The third kappa shape index (κ3) is 8.01. The van der Waals surface area contributed by atoms with Crippen LogP contribution in [0.4, 0.5) is 0 Å². The lowest BCUT2D eigenvalue weighted by Gasteiger charge is -2.14. The molecule has 6 aromatic rings. The number of ether oxygens (including phenoxy) is 1. The van der Waals surface area contributed by atoms with Gasteiger partial charge in [-0.25, -0.2) is 0 Å². The number of nitrogens with zero attached hydrogens (tertiary/aromatic N) is 8. The van der Waals surface area contributed by atoms with Crippen molar-refractivity contribution in [3.63, 3.8) is 0 Å². The number of rotatable bonds is 12. The summed E-state index contributed by atoms with van der Waals surface area (Å²) in [5.41, 5.74) is 7.65. The molecule has 2 amide bonds. The second kappa shape index (κ2) is 16.9. The molecule has 2 atom stereocenters. The molecule has 0 saturated carbocycles. The van der Waals surface area contributed by atoms with Crippen molar-refractivity contribution < 1.29 is 14.3 Å². The van der Waals surface area contributed by atoms with E-state index >= 15 is 0 Å². The number of carbonyl (C=O) groups excluding carboxylic acids is 2. The number of fused-ring (bicyclic) bond motifs is 6. The molecule has 0 bridgehead atoms. The average Bonchev–Trinajstić information content (AvgIpc) is 3.90. The Labute approximate surface area is 359 Å². The summed E-state index contributed by atoms with van der Waals surface area (Å²) in [6.45, 7) is 13.3. The molecule has 13 nitrogen and oxygen atoms in total. The van der Waals surface area contributed by atoms with Crippen LogP contribution in [0.25, 0.3) is 10.0 Å². The number of hydrogen-bond donors (Lipinski definition) is 2. The molecule has 0 fully saturated rings. The maximum atomic E-state index is 13.4. The Kier molecular flexibility index (Phi) is 11.7. The quantitative estimate of drug-likeness (QED) is 0.120. The highest BCUT2D eigenvalue weighted by Crippen LogP contribution is 2.41. The molecule has 6 heterocycles. The van der Waals surface area contributed by atoms with Gasteiger partial charge >= 0.3 is 0 Å². The lowest BCUT2D eigenvalue weighted by atomic mass is 9.99. The number of aliphatic imine (C=N–C) groups is 2. The van der Waals surface area contributed by atoms with Gasteiger partial charge in [0.05, 0.1) is 37.5 Å².